The molecule has 26 heavy (non-hydrogen) atoms. The number of urea groups is 1. The van der Waals surface area contributed by atoms with Crippen LogP contribution in [0, 0.1) is 20.8 Å². The molecule has 2 aromatic rings. The summed E-state index contributed by atoms with van der Waals surface area (Å²) < 4.78 is 1.94. The highest BCUT2D eigenvalue weighted by molar-refractivity contribution is 5.75. The Morgan fingerprint density at radius 2 is 1.92 bits per heavy atom. The molecule has 1 aromatic carbocycles. The number of aromatic nitrogens is 2. The van der Waals surface area contributed by atoms with Gasteiger partial charge in [-0.05, 0) is 45.9 Å². The number of amides is 2. The summed E-state index contributed by atoms with van der Waals surface area (Å²) in [5.41, 5.74) is 4.63. The van der Waals surface area contributed by atoms with E-state index in [1.165, 1.54) is 11.3 Å². The number of nitrogens with one attached hydrogen (secondary N) is 1. The van der Waals surface area contributed by atoms with Crippen molar-refractivity contribution in [3.05, 3.63) is 47.3 Å². The zero-order valence-corrected chi connectivity index (χ0v) is 16.2. The molecule has 6 heteroatoms. The molecule has 1 N–H and O–H groups in total. The largest absolute Gasteiger partial charge is 0.368 e. The van der Waals surface area contributed by atoms with E-state index in [-0.39, 0.29) is 12.1 Å². The fraction of sp³-hybridized carbons (Fsp3) is 0.500. The monoisotopic (exact) mass is 355 g/mol. The third-order valence-corrected chi connectivity index (χ3v) is 4.99. The van der Waals surface area contributed by atoms with Crippen LogP contribution >= 0.6 is 0 Å². The second-order valence-corrected chi connectivity index (χ2v) is 7.21. The van der Waals surface area contributed by atoms with E-state index < -0.39 is 0 Å². The first-order valence-corrected chi connectivity index (χ1v) is 9.31. The van der Waals surface area contributed by atoms with Crippen molar-refractivity contribution in [1.82, 2.24) is 20.0 Å². The molecule has 2 amide bonds. The molecule has 1 saturated heterocycles. The average Bonchev–Trinajstić information content (AvgIpc) is 2.92. The maximum atomic E-state index is 12.5. The number of nitrogens with zero attached hydrogens (tertiary/aromatic N) is 4. The van der Waals surface area contributed by atoms with Crippen molar-refractivity contribution in [3.63, 3.8) is 0 Å². The second kappa shape index (κ2) is 7.81. The fourth-order valence-corrected chi connectivity index (χ4v) is 3.52. The second-order valence-electron chi connectivity index (χ2n) is 7.21. The van der Waals surface area contributed by atoms with Crippen LogP contribution in [-0.4, -0.2) is 52.9 Å². The molecule has 0 saturated carbocycles. The van der Waals surface area contributed by atoms with Crippen molar-refractivity contribution in [3.8, 4) is 0 Å². The van der Waals surface area contributed by atoms with Crippen LogP contribution in [0.3, 0.4) is 0 Å². The summed E-state index contributed by atoms with van der Waals surface area (Å²) in [5, 5.41) is 7.47. The van der Waals surface area contributed by atoms with Gasteiger partial charge in [0, 0.05) is 43.6 Å². The van der Waals surface area contributed by atoms with E-state index in [0.29, 0.717) is 13.1 Å². The van der Waals surface area contributed by atoms with E-state index in [0.717, 1.165) is 31.0 Å². The molecular weight excluding hydrogens is 326 g/mol. The first kappa shape index (κ1) is 18.3. The lowest BCUT2D eigenvalue weighted by Gasteiger charge is -2.41. The number of carbonyl (C=O) groups is 1. The molecule has 0 aliphatic carbocycles. The van der Waals surface area contributed by atoms with Crippen molar-refractivity contribution in [2.45, 2.75) is 40.3 Å². The van der Waals surface area contributed by atoms with E-state index in [1.807, 2.05) is 29.5 Å². The van der Waals surface area contributed by atoms with Gasteiger partial charge in [0.15, 0.2) is 0 Å². The third kappa shape index (κ3) is 4.18. The molecular formula is C20H29N5O. The maximum Gasteiger partial charge on any atom is 0.317 e. The number of hydrogen-bond acceptors (Lipinski definition) is 3. The quantitative estimate of drug-likeness (QED) is 0.917. The Morgan fingerprint density at radius 3 is 2.54 bits per heavy atom. The molecule has 0 bridgehead atoms. The van der Waals surface area contributed by atoms with E-state index in [9.17, 15) is 4.79 Å². The first-order valence-electron chi connectivity index (χ1n) is 9.31. The van der Waals surface area contributed by atoms with Crippen LogP contribution in [0.1, 0.15) is 23.9 Å². The van der Waals surface area contributed by atoms with Crippen LogP contribution in [0.15, 0.2) is 30.3 Å². The van der Waals surface area contributed by atoms with Crippen LogP contribution in [0.25, 0.3) is 0 Å². The molecule has 1 fully saturated rings. The van der Waals surface area contributed by atoms with Crippen LogP contribution in [-0.2, 0) is 6.54 Å². The van der Waals surface area contributed by atoms with E-state index in [2.05, 4.69) is 53.4 Å². The van der Waals surface area contributed by atoms with Gasteiger partial charge in [-0.15, -0.1) is 0 Å². The Bertz CT molecular complexity index is 752. The number of hydrogen-bond donors (Lipinski definition) is 1. The van der Waals surface area contributed by atoms with Gasteiger partial charge in [-0.2, -0.15) is 5.10 Å². The van der Waals surface area contributed by atoms with Gasteiger partial charge in [-0.1, -0.05) is 17.7 Å². The Kier molecular flexibility index (Phi) is 5.49. The first-order chi connectivity index (χ1) is 12.4. The minimum absolute atomic E-state index is 0.0163. The lowest BCUT2D eigenvalue weighted by molar-refractivity contribution is 0.171. The molecule has 1 aromatic heterocycles. The summed E-state index contributed by atoms with van der Waals surface area (Å²) in [6.07, 6.45) is 0. The lowest BCUT2D eigenvalue weighted by atomic mass is 10.1. The normalized spacial score (nSPS) is 17.5. The van der Waals surface area contributed by atoms with Gasteiger partial charge in [0.25, 0.3) is 0 Å². The van der Waals surface area contributed by atoms with Crippen LogP contribution in [0.2, 0.25) is 0 Å². The Balaban J connectivity index is 1.49. The standard InChI is InChI=1S/C20H29N5O/c1-15-5-7-19(8-6-15)23-11-12-24(18(4)14-23)20(26)21-9-10-25-17(3)13-16(2)22-25/h5-8,13,18H,9-12,14H2,1-4H3,(H,21,26). The van der Waals surface area contributed by atoms with Gasteiger partial charge in [-0.25, -0.2) is 4.79 Å². The van der Waals surface area contributed by atoms with Gasteiger partial charge >= 0.3 is 6.03 Å². The zero-order chi connectivity index (χ0) is 18.7. The summed E-state index contributed by atoms with van der Waals surface area (Å²) in [6.45, 7) is 12.0. The molecule has 140 valence electrons. The van der Waals surface area contributed by atoms with Crippen molar-refractivity contribution in [1.29, 1.82) is 0 Å². The summed E-state index contributed by atoms with van der Waals surface area (Å²) in [7, 11) is 0. The molecule has 1 aliphatic heterocycles. The number of piperazine rings is 1. The number of anilines is 1. The highest BCUT2D eigenvalue weighted by Gasteiger charge is 2.27. The summed E-state index contributed by atoms with van der Waals surface area (Å²) >= 11 is 0. The average molecular weight is 355 g/mol. The van der Waals surface area contributed by atoms with Crippen LogP contribution in [0.4, 0.5) is 10.5 Å². The maximum absolute atomic E-state index is 12.5. The predicted molar refractivity (Wildman–Crippen MR) is 105 cm³/mol. The Hall–Kier alpha value is -2.50. The van der Waals surface area contributed by atoms with E-state index >= 15 is 0 Å². The topological polar surface area (TPSA) is 53.4 Å². The fourth-order valence-electron chi connectivity index (χ4n) is 3.52. The summed E-state index contributed by atoms with van der Waals surface area (Å²) in [6, 6.07) is 10.8. The Morgan fingerprint density at radius 1 is 1.19 bits per heavy atom. The minimum Gasteiger partial charge on any atom is -0.368 e. The zero-order valence-electron chi connectivity index (χ0n) is 16.2. The van der Waals surface area contributed by atoms with Crippen molar-refractivity contribution in [2.24, 2.45) is 0 Å². The van der Waals surface area contributed by atoms with Crippen molar-refractivity contribution < 1.29 is 4.79 Å². The number of benzene rings is 1. The SMILES string of the molecule is Cc1ccc(N2CCN(C(=O)NCCn3nc(C)cc3C)C(C)C2)cc1. The third-order valence-electron chi connectivity index (χ3n) is 4.99. The lowest BCUT2D eigenvalue weighted by Crippen LogP contribution is -2.56. The number of rotatable bonds is 4. The van der Waals surface area contributed by atoms with Gasteiger partial charge in [0.2, 0.25) is 0 Å². The van der Waals surface area contributed by atoms with Crippen molar-refractivity contribution in [2.75, 3.05) is 31.1 Å². The van der Waals surface area contributed by atoms with Gasteiger partial charge in [-0.3, -0.25) is 4.68 Å². The minimum atomic E-state index is 0.0163. The molecule has 2 heterocycles. The molecule has 3 rings (SSSR count). The number of carbonyl (C=O) groups excluding carboxylic acids is 1. The molecule has 0 spiro atoms. The van der Waals surface area contributed by atoms with E-state index in [4.69, 9.17) is 0 Å². The summed E-state index contributed by atoms with van der Waals surface area (Å²) in [5.74, 6) is 0. The van der Waals surface area contributed by atoms with E-state index in [1.54, 1.807) is 0 Å². The van der Waals surface area contributed by atoms with Crippen LogP contribution in [0.5, 0.6) is 0 Å². The van der Waals surface area contributed by atoms with Crippen molar-refractivity contribution >= 4 is 11.7 Å². The number of aryl methyl sites for hydroxylation is 3. The van der Waals surface area contributed by atoms with Gasteiger partial charge < -0.3 is 15.1 Å². The highest BCUT2D eigenvalue weighted by Crippen LogP contribution is 2.19. The molecule has 1 aliphatic rings. The van der Waals surface area contributed by atoms with Gasteiger partial charge in [0.05, 0.1) is 12.2 Å². The summed E-state index contributed by atoms with van der Waals surface area (Å²) in [4.78, 5) is 16.8. The van der Waals surface area contributed by atoms with Crippen LogP contribution < -0.4 is 10.2 Å². The van der Waals surface area contributed by atoms with Gasteiger partial charge in [0.1, 0.15) is 0 Å². The molecule has 1 atom stereocenters. The smallest absolute Gasteiger partial charge is 0.317 e. The molecule has 0 radical (unpaired) electrons. The predicted octanol–water partition coefficient (Wildman–Crippen LogP) is 2.73. The Labute approximate surface area is 155 Å². The molecule has 1 unspecified atom stereocenters. The molecule has 6 nitrogen and oxygen atoms in total. The highest BCUT2D eigenvalue weighted by atomic mass is 16.2.